The molecule has 2 saturated carbocycles. The van der Waals surface area contributed by atoms with Crippen molar-refractivity contribution in [1.82, 2.24) is 19.9 Å². The Morgan fingerprint density at radius 2 is 1.88 bits per heavy atom. The van der Waals surface area contributed by atoms with Gasteiger partial charge in [-0.05, 0) is 88.2 Å². The van der Waals surface area contributed by atoms with Crippen LogP contribution in [-0.4, -0.2) is 59.2 Å². The molecule has 178 valence electrons. The van der Waals surface area contributed by atoms with Crippen LogP contribution in [0, 0.1) is 11.8 Å². The number of hydrogen-bond donors (Lipinski definition) is 2. The van der Waals surface area contributed by atoms with E-state index in [1.165, 1.54) is 19.3 Å². The Labute approximate surface area is 200 Å². The number of nitrogens with zero attached hydrogens (tertiary/aromatic N) is 4. The average Bonchev–Trinajstić information content (AvgIpc) is 3.43. The summed E-state index contributed by atoms with van der Waals surface area (Å²) >= 11 is 6.28. The molecule has 3 unspecified atom stereocenters. The largest absolute Gasteiger partial charge is 0.495 e. The number of likely N-dealkylation sites (tertiary alicyclic amines) is 1. The molecule has 1 aliphatic heterocycles. The van der Waals surface area contributed by atoms with Crippen LogP contribution in [-0.2, 0) is 6.54 Å². The predicted octanol–water partition coefficient (Wildman–Crippen LogP) is 4.22. The van der Waals surface area contributed by atoms with Gasteiger partial charge in [0.25, 0.3) is 0 Å². The summed E-state index contributed by atoms with van der Waals surface area (Å²) in [6, 6.07) is 6.49. The second-order valence-electron chi connectivity index (χ2n) is 9.64. The van der Waals surface area contributed by atoms with Gasteiger partial charge in [-0.2, -0.15) is 15.0 Å². The fraction of sp³-hybridized carbons (Fsp3) is 0.625. The van der Waals surface area contributed by atoms with E-state index in [0.717, 1.165) is 43.8 Å². The van der Waals surface area contributed by atoms with Crippen molar-refractivity contribution in [3.8, 4) is 11.8 Å². The van der Waals surface area contributed by atoms with Crippen molar-refractivity contribution >= 4 is 23.5 Å². The molecule has 9 heteroatoms. The molecule has 2 N–H and O–H groups in total. The average molecular weight is 473 g/mol. The van der Waals surface area contributed by atoms with E-state index in [9.17, 15) is 0 Å². The molecule has 33 heavy (non-hydrogen) atoms. The third kappa shape index (κ3) is 5.44. The summed E-state index contributed by atoms with van der Waals surface area (Å²) in [6.07, 6.45) is 7.33. The van der Waals surface area contributed by atoms with Gasteiger partial charge >= 0.3 is 6.01 Å². The molecule has 8 nitrogen and oxygen atoms in total. The number of nitrogens with one attached hydrogen (secondary N) is 2. The molecule has 1 aromatic carbocycles. The highest BCUT2D eigenvalue weighted by molar-refractivity contribution is 6.32. The van der Waals surface area contributed by atoms with Gasteiger partial charge in [0.05, 0.1) is 12.1 Å². The minimum absolute atomic E-state index is 0.218. The number of ether oxygens (including phenoxy) is 2. The van der Waals surface area contributed by atoms with Gasteiger partial charge in [0.1, 0.15) is 11.9 Å². The van der Waals surface area contributed by atoms with Gasteiger partial charge in [0.15, 0.2) is 0 Å². The van der Waals surface area contributed by atoms with Crippen LogP contribution in [0.15, 0.2) is 18.2 Å². The fourth-order valence-electron chi connectivity index (χ4n) is 5.36. The summed E-state index contributed by atoms with van der Waals surface area (Å²) in [5.41, 5.74) is 1.02. The van der Waals surface area contributed by atoms with Crippen LogP contribution in [0.1, 0.15) is 44.1 Å². The van der Waals surface area contributed by atoms with Gasteiger partial charge in [0.2, 0.25) is 11.9 Å². The van der Waals surface area contributed by atoms with Gasteiger partial charge in [-0.15, -0.1) is 0 Å². The van der Waals surface area contributed by atoms with E-state index in [1.54, 1.807) is 7.11 Å². The molecular formula is C24H33ClN6O2. The zero-order valence-electron chi connectivity index (χ0n) is 19.4. The Morgan fingerprint density at radius 1 is 1.06 bits per heavy atom. The van der Waals surface area contributed by atoms with E-state index in [0.29, 0.717) is 47.2 Å². The molecule has 0 amide bonds. The highest BCUT2D eigenvalue weighted by Crippen LogP contribution is 2.45. The van der Waals surface area contributed by atoms with Gasteiger partial charge in [0, 0.05) is 12.6 Å². The lowest BCUT2D eigenvalue weighted by molar-refractivity contribution is 0.126. The second kappa shape index (κ2) is 9.89. The van der Waals surface area contributed by atoms with Crippen molar-refractivity contribution in [3.05, 3.63) is 28.8 Å². The molecule has 5 rings (SSSR count). The number of piperidine rings is 1. The highest BCUT2D eigenvalue weighted by Gasteiger charge is 2.41. The predicted molar refractivity (Wildman–Crippen MR) is 129 cm³/mol. The molecule has 2 bridgehead atoms. The van der Waals surface area contributed by atoms with E-state index in [2.05, 4.69) is 37.5 Å². The number of benzene rings is 1. The van der Waals surface area contributed by atoms with E-state index < -0.39 is 0 Å². The molecule has 0 spiro atoms. The normalized spacial score (nSPS) is 25.2. The first-order chi connectivity index (χ1) is 16.1. The second-order valence-corrected chi connectivity index (χ2v) is 10.0. The van der Waals surface area contributed by atoms with E-state index in [4.69, 9.17) is 21.1 Å². The molecule has 2 aliphatic carbocycles. The molecular weight excluding hydrogens is 440 g/mol. The smallest absolute Gasteiger partial charge is 0.323 e. The maximum atomic E-state index is 6.31. The Kier molecular flexibility index (Phi) is 6.74. The minimum Gasteiger partial charge on any atom is -0.495 e. The maximum Gasteiger partial charge on any atom is 0.323 e. The monoisotopic (exact) mass is 472 g/mol. The summed E-state index contributed by atoms with van der Waals surface area (Å²) in [6.45, 7) is 2.68. The van der Waals surface area contributed by atoms with Crippen LogP contribution in [0.4, 0.5) is 11.9 Å². The van der Waals surface area contributed by atoms with Crippen LogP contribution >= 0.6 is 11.6 Å². The quantitative estimate of drug-likeness (QED) is 0.590. The van der Waals surface area contributed by atoms with Crippen molar-refractivity contribution < 1.29 is 9.47 Å². The van der Waals surface area contributed by atoms with Crippen molar-refractivity contribution in [2.45, 2.75) is 57.2 Å². The van der Waals surface area contributed by atoms with Gasteiger partial charge in [-0.3, -0.25) is 0 Å². The van der Waals surface area contributed by atoms with Gasteiger partial charge in [-0.1, -0.05) is 17.7 Å². The number of halogens is 1. The fourth-order valence-corrected chi connectivity index (χ4v) is 5.64. The van der Waals surface area contributed by atoms with Crippen LogP contribution < -0.4 is 20.1 Å². The number of rotatable bonds is 8. The molecule has 3 aliphatic rings. The summed E-state index contributed by atoms with van der Waals surface area (Å²) in [4.78, 5) is 16.2. The Bertz CT molecular complexity index is 968. The Hall–Kier alpha value is -2.32. The molecule has 0 radical (unpaired) electrons. The van der Waals surface area contributed by atoms with Crippen LogP contribution in [0.25, 0.3) is 0 Å². The highest BCUT2D eigenvalue weighted by atomic mass is 35.5. The Balaban J connectivity index is 1.30. The van der Waals surface area contributed by atoms with E-state index in [1.807, 2.05) is 18.2 Å². The van der Waals surface area contributed by atoms with Gasteiger partial charge < -0.3 is 25.0 Å². The topological polar surface area (TPSA) is 84.4 Å². The number of hydrogen-bond acceptors (Lipinski definition) is 8. The molecule has 2 heterocycles. The lowest BCUT2D eigenvalue weighted by Gasteiger charge is -2.29. The van der Waals surface area contributed by atoms with Crippen molar-refractivity contribution in [2.75, 3.05) is 37.9 Å². The summed E-state index contributed by atoms with van der Waals surface area (Å²) in [7, 11) is 3.77. The van der Waals surface area contributed by atoms with Crippen LogP contribution in [0.3, 0.4) is 0 Å². The third-order valence-corrected chi connectivity index (χ3v) is 7.56. The van der Waals surface area contributed by atoms with Crippen molar-refractivity contribution in [3.63, 3.8) is 0 Å². The summed E-state index contributed by atoms with van der Waals surface area (Å²) in [5, 5.41) is 7.42. The van der Waals surface area contributed by atoms with E-state index in [-0.39, 0.29) is 6.10 Å². The van der Waals surface area contributed by atoms with Gasteiger partial charge in [-0.25, -0.2) is 0 Å². The standard InChI is InChI=1S/C24H33ClN6O2/c1-31-9-7-18(8-10-31)27-23-28-22(26-14-16-4-6-20(32-2)19(25)12-16)29-24(30-23)33-21-13-15-3-5-17(21)11-15/h4,6,12,15,17-18,21H,3,5,7-11,13-14H2,1-2H3,(H2,26,27,28,29,30). The number of methoxy groups -OCH3 is 1. The van der Waals surface area contributed by atoms with Crippen molar-refractivity contribution in [2.24, 2.45) is 11.8 Å². The molecule has 2 aromatic rings. The zero-order chi connectivity index (χ0) is 22.8. The molecule has 1 saturated heterocycles. The summed E-state index contributed by atoms with van der Waals surface area (Å²) < 4.78 is 11.6. The molecule has 3 atom stereocenters. The lowest BCUT2D eigenvalue weighted by atomic mass is 9.98. The first kappa shape index (κ1) is 22.5. The first-order valence-electron chi connectivity index (χ1n) is 12.0. The Morgan fingerprint density at radius 3 is 2.58 bits per heavy atom. The lowest BCUT2D eigenvalue weighted by Crippen LogP contribution is -2.37. The summed E-state index contributed by atoms with van der Waals surface area (Å²) in [5.74, 6) is 3.18. The van der Waals surface area contributed by atoms with Crippen molar-refractivity contribution in [1.29, 1.82) is 0 Å². The van der Waals surface area contributed by atoms with Crippen LogP contribution in [0.2, 0.25) is 5.02 Å². The zero-order valence-corrected chi connectivity index (χ0v) is 20.1. The third-order valence-electron chi connectivity index (χ3n) is 7.26. The number of aromatic nitrogens is 3. The number of fused-ring (bicyclic) bond motifs is 2. The SMILES string of the molecule is COc1ccc(CNc2nc(NC3CCN(C)CC3)nc(OC3CC4CCC3C4)n2)cc1Cl. The molecule has 3 fully saturated rings. The minimum atomic E-state index is 0.218. The first-order valence-corrected chi connectivity index (χ1v) is 12.4. The van der Waals surface area contributed by atoms with E-state index >= 15 is 0 Å². The molecule has 1 aromatic heterocycles. The van der Waals surface area contributed by atoms with Crippen LogP contribution in [0.5, 0.6) is 11.8 Å². The maximum absolute atomic E-state index is 6.31. The number of anilines is 2.